The molecule has 0 bridgehead atoms. The molecule has 9 nitrogen and oxygen atoms in total. The highest BCUT2D eigenvalue weighted by atomic mass is 32.1. The van der Waals surface area contributed by atoms with E-state index in [1.165, 1.54) is 5.01 Å². The molecule has 0 aromatic carbocycles. The fourth-order valence-electron chi connectivity index (χ4n) is 4.21. The Morgan fingerprint density at radius 3 is 2.18 bits per heavy atom. The molecule has 2 fully saturated rings. The summed E-state index contributed by atoms with van der Waals surface area (Å²) in [6.45, 7) is 7.17. The van der Waals surface area contributed by atoms with Gasteiger partial charge in [0.1, 0.15) is 10.8 Å². The Kier molecular flexibility index (Phi) is 11.1. The first-order valence-electron chi connectivity index (χ1n) is 11.1. The van der Waals surface area contributed by atoms with Crippen molar-refractivity contribution < 1.29 is 55.3 Å². The zero-order chi connectivity index (χ0) is 28.7. The molecule has 0 radical (unpaired) electrons. The van der Waals surface area contributed by atoms with Crippen molar-refractivity contribution in [3.05, 3.63) is 40.2 Å². The number of rotatable bonds is 5. The Hall–Kier alpha value is -2.69. The average Bonchev–Trinajstić information content (AvgIpc) is 3.55. The Morgan fingerprint density at radius 1 is 1.13 bits per heavy atom. The van der Waals surface area contributed by atoms with Gasteiger partial charge < -0.3 is 19.4 Å². The Bertz CT molecular complexity index is 1010. The highest BCUT2D eigenvalue weighted by molar-refractivity contribution is 7.09. The minimum Gasteiger partial charge on any atom is -0.475 e. The van der Waals surface area contributed by atoms with Crippen LogP contribution in [-0.2, 0) is 27.4 Å². The minimum atomic E-state index is -5.08. The number of fused-ring (bicyclic) bond motifs is 1. The number of halogens is 6. The number of aryl methyl sites for hydroxylation is 1. The van der Waals surface area contributed by atoms with Crippen LogP contribution in [0, 0.1) is 12.8 Å². The summed E-state index contributed by atoms with van der Waals surface area (Å²) >= 11 is 1.78. The van der Waals surface area contributed by atoms with Crippen LogP contribution in [0.25, 0.3) is 0 Å². The van der Waals surface area contributed by atoms with Crippen LogP contribution in [0.15, 0.2) is 28.2 Å². The lowest BCUT2D eigenvalue weighted by Crippen LogP contribution is -2.50. The number of carbonyl (C=O) groups is 2. The molecule has 4 heterocycles. The van der Waals surface area contributed by atoms with E-state index in [-0.39, 0.29) is 0 Å². The van der Waals surface area contributed by atoms with Gasteiger partial charge in [0.05, 0.1) is 25.5 Å². The highest BCUT2D eigenvalue weighted by Crippen LogP contribution is 2.34. The van der Waals surface area contributed by atoms with Gasteiger partial charge in [0.25, 0.3) is 0 Å². The summed E-state index contributed by atoms with van der Waals surface area (Å²) in [5.41, 5.74) is 1.13. The van der Waals surface area contributed by atoms with E-state index in [9.17, 15) is 26.3 Å². The maximum atomic E-state index is 10.6. The second-order valence-corrected chi connectivity index (χ2v) is 9.47. The van der Waals surface area contributed by atoms with Crippen LogP contribution in [0.1, 0.15) is 22.9 Å². The third-order valence-corrected chi connectivity index (χ3v) is 6.76. The number of nitrogens with zero attached hydrogens (tertiary/aromatic N) is 3. The SMILES string of the molecule is CO[C@@H]1CCN(Cc2nc(C)cs2)[C@@H]2CN(Cc3ccco3)C[C@@H]21.O=C(O)C(F)(F)F.O=C(O)C(F)(F)F. The molecule has 0 spiro atoms. The van der Waals surface area contributed by atoms with Crippen molar-refractivity contribution in [3.8, 4) is 0 Å². The normalized spacial score (nSPS) is 22.1. The van der Waals surface area contributed by atoms with Gasteiger partial charge in [-0.1, -0.05) is 0 Å². The van der Waals surface area contributed by atoms with Crippen LogP contribution in [0.3, 0.4) is 0 Å². The number of ether oxygens (including phenoxy) is 1. The van der Waals surface area contributed by atoms with Crippen LogP contribution in [0.5, 0.6) is 0 Å². The van der Waals surface area contributed by atoms with Gasteiger partial charge in [-0.2, -0.15) is 26.3 Å². The van der Waals surface area contributed by atoms with Crippen LogP contribution < -0.4 is 0 Å². The molecule has 2 aliphatic heterocycles. The first kappa shape index (κ1) is 31.5. The van der Waals surface area contributed by atoms with Crippen LogP contribution in [0.4, 0.5) is 26.3 Å². The molecule has 16 heteroatoms. The molecule has 214 valence electrons. The van der Waals surface area contributed by atoms with E-state index >= 15 is 0 Å². The van der Waals surface area contributed by atoms with Gasteiger partial charge in [0, 0.05) is 49.8 Å². The van der Waals surface area contributed by atoms with Gasteiger partial charge >= 0.3 is 24.3 Å². The summed E-state index contributed by atoms with van der Waals surface area (Å²) in [5.74, 6) is -3.90. The quantitative estimate of drug-likeness (QED) is 0.510. The number of alkyl halides is 6. The van der Waals surface area contributed by atoms with Gasteiger partial charge in [0.2, 0.25) is 0 Å². The molecule has 0 amide bonds. The number of piperidine rings is 1. The van der Waals surface area contributed by atoms with Gasteiger partial charge in [-0.3, -0.25) is 9.80 Å². The van der Waals surface area contributed by atoms with Crippen molar-refractivity contribution >= 4 is 23.3 Å². The topological polar surface area (TPSA) is 116 Å². The maximum absolute atomic E-state index is 10.6. The van der Waals surface area contributed by atoms with Gasteiger partial charge in [0.15, 0.2) is 0 Å². The zero-order valence-corrected chi connectivity index (χ0v) is 21.1. The van der Waals surface area contributed by atoms with E-state index < -0.39 is 24.3 Å². The number of likely N-dealkylation sites (tertiary alicyclic amines) is 2. The van der Waals surface area contributed by atoms with Crippen molar-refractivity contribution in [1.82, 2.24) is 14.8 Å². The molecule has 4 rings (SSSR count). The molecule has 2 aromatic heterocycles. The Morgan fingerprint density at radius 2 is 1.74 bits per heavy atom. The molecule has 0 saturated carbocycles. The summed E-state index contributed by atoms with van der Waals surface area (Å²) in [6.07, 6.45) is -6.93. The van der Waals surface area contributed by atoms with Crippen LogP contribution in [-0.4, -0.2) is 88.2 Å². The van der Waals surface area contributed by atoms with Crippen molar-refractivity contribution in [2.24, 2.45) is 5.92 Å². The molecule has 2 aliphatic rings. The van der Waals surface area contributed by atoms with Crippen molar-refractivity contribution in [2.45, 2.75) is 50.9 Å². The highest BCUT2D eigenvalue weighted by Gasteiger charge is 2.44. The molecule has 2 saturated heterocycles. The van der Waals surface area contributed by atoms with Crippen molar-refractivity contribution in [2.75, 3.05) is 26.7 Å². The average molecular weight is 576 g/mol. The summed E-state index contributed by atoms with van der Waals surface area (Å²) in [4.78, 5) is 27.6. The fourth-order valence-corrected chi connectivity index (χ4v) is 5.01. The zero-order valence-electron chi connectivity index (χ0n) is 20.3. The summed E-state index contributed by atoms with van der Waals surface area (Å²) in [5, 5.41) is 17.6. The number of furan rings is 1. The molecular formula is C22H27F6N3O6S. The predicted molar refractivity (Wildman–Crippen MR) is 121 cm³/mol. The second kappa shape index (κ2) is 13.4. The lowest BCUT2D eigenvalue weighted by molar-refractivity contribution is -0.193. The molecule has 0 unspecified atom stereocenters. The van der Waals surface area contributed by atoms with Crippen LogP contribution in [0.2, 0.25) is 0 Å². The van der Waals surface area contributed by atoms with Gasteiger partial charge in [-0.15, -0.1) is 11.3 Å². The predicted octanol–water partition coefficient (Wildman–Crippen LogP) is 4.03. The second-order valence-electron chi connectivity index (χ2n) is 8.53. The number of methoxy groups -OCH3 is 1. The number of thiazole rings is 1. The third-order valence-electron chi connectivity index (χ3n) is 5.81. The van der Waals surface area contributed by atoms with E-state index in [0.717, 1.165) is 50.6 Å². The van der Waals surface area contributed by atoms with Gasteiger partial charge in [-0.05, 0) is 25.5 Å². The maximum Gasteiger partial charge on any atom is 0.490 e. The number of carboxylic acid groups (broad SMARTS) is 2. The number of hydrogen-bond donors (Lipinski definition) is 2. The third kappa shape index (κ3) is 9.56. The molecule has 38 heavy (non-hydrogen) atoms. The summed E-state index contributed by atoms with van der Waals surface area (Å²) < 4.78 is 74.8. The minimum absolute atomic E-state index is 0.367. The largest absolute Gasteiger partial charge is 0.490 e. The van der Waals surface area contributed by atoms with E-state index in [0.29, 0.717) is 18.1 Å². The van der Waals surface area contributed by atoms with Crippen LogP contribution >= 0.6 is 11.3 Å². The fraction of sp³-hybridized carbons (Fsp3) is 0.591. The van der Waals surface area contributed by atoms with E-state index in [1.54, 1.807) is 17.6 Å². The molecule has 2 aromatic rings. The Balaban J connectivity index is 0.000000301. The monoisotopic (exact) mass is 575 g/mol. The molecule has 2 N–H and O–H groups in total. The van der Waals surface area contributed by atoms with E-state index in [4.69, 9.17) is 29.0 Å². The summed E-state index contributed by atoms with van der Waals surface area (Å²) in [7, 11) is 1.86. The Labute approximate surface area is 217 Å². The van der Waals surface area contributed by atoms with E-state index in [1.807, 2.05) is 13.2 Å². The van der Waals surface area contributed by atoms with Gasteiger partial charge in [-0.25, -0.2) is 14.6 Å². The standard InChI is InChI=1S/C18H25N3O2S.2C2HF3O2/c1-13-12-24-18(19-13)11-21-6-5-17(22-2)15-9-20(10-16(15)21)8-14-4-3-7-23-14;2*3-2(4,5)1(6)7/h3-4,7,12,15-17H,5-6,8-11H2,1-2H3;2*(H,6,7)/t15-,16+,17+;;/m0../s1. The van der Waals surface area contributed by atoms with Crippen molar-refractivity contribution in [1.29, 1.82) is 0 Å². The lowest BCUT2D eigenvalue weighted by Gasteiger charge is -2.40. The van der Waals surface area contributed by atoms with Crippen molar-refractivity contribution in [3.63, 3.8) is 0 Å². The first-order valence-corrected chi connectivity index (χ1v) is 12.0. The molecular weight excluding hydrogens is 548 g/mol. The van der Waals surface area contributed by atoms with E-state index in [2.05, 4.69) is 33.2 Å². The number of aliphatic carboxylic acids is 2. The number of carboxylic acids is 2. The summed E-state index contributed by atoms with van der Waals surface area (Å²) in [6, 6.07) is 4.57. The molecule has 0 aliphatic carbocycles. The first-order chi connectivity index (χ1) is 17.6. The molecule has 3 atom stereocenters. The number of hydrogen-bond acceptors (Lipinski definition) is 8. The lowest BCUT2D eigenvalue weighted by atomic mass is 9.89. The number of aromatic nitrogens is 1. The smallest absolute Gasteiger partial charge is 0.475 e.